The monoisotopic (exact) mass is 1260 g/mol. The quantitative estimate of drug-likeness (QED) is 0.0270. The van der Waals surface area contributed by atoms with Crippen molar-refractivity contribution in [3.05, 3.63) is 18.2 Å². The summed E-state index contributed by atoms with van der Waals surface area (Å²) in [5, 5.41) is 84.5. The number of carboxylic acid groups (broad SMARTS) is 3. The highest BCUT2D eigenvalue weighted by molar-refractivity contribution is 5.99. The Bertz CT molecular complexity index is 2500. The summed E-state index contributed by atoms with van der Waals surface area (Å²) in [6.07, 6.45) is 0.586. The van der Waals surface area contributed by atoms with E-state index in [-0.39, 0.29) is 57.7 Å². The largest absolute Gasteiger partial charge is 0.481 e. The van der Waals surface area contributed by atoms with E-state index in [0.29, 0.717) is 18.5 Å². The summed E-state index contributed by atoms with van der Waals surface area (Å²) in [5.74, 6) is -17.5. The molecule has 0 saturated heterocycles. The predicted octanol–water partition coefficient (Wildman–Crippen LogP) is -7.07. The number of carbonyl (C=O) groups is 14. The molecule has 1 aromatic rings. The van der Waals surface area contributed by atoms with Crippen molar-refractivity contribution in [3.8, 4) is 0 Å². The number of nitrogens with one attached hydrogen (secondary N) is 12. The maximum Gasteiger partial charge on any atom is 0.305 e. The van der Waals surface area contributed by atoms with Crippen molar-refractivity contribution >= 4 is 82.9 Å². The zero-order valence-electron chi connectivity index (χ0n) is 50.2. The lowest BCUT2D eigenvalue weighted by Gasteiger charge is -2.29. The summed E-state index contributed by atoms with van der Waals surface area (Å²) in [7, 11) is 0. The fourth-order valence-corrected chi connectivity index (χ4v) is 8.23. The zero-order chi connectivity index (χ0) is 66.8. The van der Waals surface area contributed by atoms with Gasteiger partial charge < -0.3 is 106 Å². The third-order valence-corrected chi connectivity index (χ3v) is 13.3. The topological polar surface area (TPSA) is 573 Å². The minimum atomic E-state index is -2.00. The molecule has 496 valence electrons. The zero-order valence-corrected chi connectivity index (χ0v) is 50.2. The van der Waals surface area contributed by atoms with Gasteiger partial charge in [-0.25, -0.2) is 4.98 Å². The van der Waals surface area contributed by atoms with Crippen LogP contribution in [-0.2, 0) is 73.5 Å². The number of aliphatic carboxylic acids is 3. The average molecular weight is 1260 g/mol. The number of aromatic amines is 1. The van der Waals surface area contributed by atoms with Crippen LogP contribution in [0.1, 0.15) is 111 Å². The molecule has 11 amide bonds. The first-order valence-corrected chi connectivity index (χ1v) is 28.6. The van der Waals surface area contributed by atoms with E-state index in [9.17, 15) is 92.7 Å². The SMILES string of the molecule is CC[C@H](C)[C@H](NC(=O)[C@H](CO)NC(=O)[C@H](CO)NC(=O)[C@H](CC(C)C)NC(=O)[C@H](CCCCN)NC(=O)[C@H](Cc1c[nH]cn1)NC(=O)CCN)C(=O)N[C@@H](CCC(=O)O)C(=O)N[C@@H](CO)C(=O)N[C@@H](CC(=O)O)C(=O)N[C@H](C(=O)NCCC(=O)O)C(C)C. The van der Waals surface area contributed by atoms with Crippen LogP contribution in [-0.4, -0.2) is 223 Å². The number of rotatable bonds is 44. The molecule has 0 saturated carbocycles. The van der Waals surface area contributed by atoms with Gasteiger partial charge in [-0.1, -0.05) is 48.0 Å². The van der Waals surface area contributed by atoms with E-state index < -0.39 is 201 Å². The number of aliphatic hydroxyl groups is 3. The number of H-pyrrole nitrogens is 1. The molecule has 0 aliphatic heterocycles. The van der Waals surface area contributed by atoms with Crippen LogP contribution in [0, 0.1) is 17.8 Å². The van der Waals surface area contributed by atoms with E-state index >= 15 is 0 Å². The van der Waals surface area contributed by atoms with E-state index in [1.165, 1.54) is 33.3 Å². The highest BCUT2D eigenvalue weighted by Crippen LogP contribution is 2.13. The molecule has 0 aromatic carbocycles. The molecule has 1 rings (SSSR count). The van der Waals surface area contributed by atoms with E-state index in [1.54, 1.807) is 20.8 Å². The van der Waals surface area contributed by atoms with E-state index in [1.807, 2.05) is 0 Å². The molecule has 0 spiro atoms. The van der Waals surface area contributed by atoms with Gasteiger partial charge in [0, 0.05) is 38.5 Å². The smallest absolute Gasteiger partial charge is 0.305 e. The third kappa shape index (κ3) is 28.9. The van der Waals surface area contributed by atoms with E-state index in [4.69, 9.17) is 16.6 Å². The lowest BCUT2D eigenvalue weighted by molar-refractivity contribution is -0.142. The second kappa shape index (κ2) is 40.9. The van der Waals surface area contributed by atoms with Gasteiger partial charge in [-0.15, -0.1) is 0 Å². The normalized spacial score (nSPS) is 14.9. The fourth-order valence-electron chi connectivity index (χ4n) is 8.23. The van der Waals surface area contributed by atoms with E-state index in [2.05, 4.69) is 68.5 Å². The van der Waals surface area contributed by atoms with Gasteiger partial charge in [0.15, 0.2) is 0 Å². The first-order valence-electron chi connectivity index (χ1n) is 28.6. The van der Waals surface area contributed by atoms with Crippen LogP contribution in [0.2, 0.25) is 0 Å². The van der Waals surface area contributed by atoms with Crippen molar-refractivity contribution in [2.24, 2.45) is 29.2 Å². The van der Waals surface area contributed by atoms with Crippen molar-refractivity contribution in [1.82, 2.24) is 68.5 Å². The van der Waals surface area contributed by atoms with Crippen LogP contribution in [0.5, 0.6) is 0 Å². The molecule has 11 atom stereocenters. The van der Waals surface area contributed by atoms with Crippen LogP contribution < -0.4 is 70.0 Å². The molecule has 22 N–H and O–H groups in total. The minimum absolute atomic E-state index is 0.0118. The maximum absolute atomic E-state index is 14.0. The number of aliphatic hydroxyl groups excluding tert-OH is 3. The minimum Gasteiger partial charge on any atom is -0.481 e. The van der Waals surface area contributed by atoms with Gasteiger partial charge in [0.05, 0.1) is 44.7 Å². The van der Waals surface area contributed by atoms with Gasteiger partial charge in [0.25, 0.3) is 0 Å². The number of aromatic nitrogens is 2. The van der Waals surface area contributed by atoms with Crippen molar-refractivity contribution in [1.29, 1.82) is 0 Å². The van der Waals surface area contributed by atoms with E-state index in [0.717, 1.165) is 0 Å². The fraction of sp³-hybridized carbons (Fsp3) is 0.679. The molecular weight excluding hydrogens is 1170 g/mol. The molecule has 0 fully saturated rings. The summed E-state index contributed by atoms with van der Waals surface area (Å²) in [6.45, 7) is 5.93. The first-order chi connectivity index (χ1) is 41.5. The van der Waals surface area contributed by atoms with Crippen LogP contribution >= 0.6 is 0 Å². The molecule has 1 aromatic heterocycles. The summed E-state index contributed by atoms with van der Waals surface area (Å²) in [6, 6.07) is -16.4. The average Bonchev–Trinajstić information content (AvgIpc) is 4.05. The second-order valence-corrected chi connectivity index (χ2v) is 21.4. The van der Waals surface area contributed by atoms with Gasteiger partial charge in [-0.3, -0.25) is 67.1 Å². The Labute approximate surface area is 507 Å². The Morgan fingerprint density at radius 3 is 1.41 bits per heavy atom. The molecule has 35 heteroatoms. The Morgan fingerprint density at radius 2 is 0.943 bits per heavy atom. The highest BCUT2D eigenvalue weighted by Gasteiger charge is 2.38. The van der Waals surface area contributed by atoms with Crippen molar-refractivity contribution in [3.63, 3.8) is 0 Å². The number of imidazole rings is 1. The Balaban J connectivity index is 3.36. The van der Waals surface area contributed by atoms with Crippen molar-refractivity contribution in [2.45, 2.75) is 173 Å². The lowest BCUT2D eigenvalue weighted by Crippen LogP contribution is -2.62. The Morgan fingerprint density at radius 1 is 0.489 bits per heavy atom. The first kappa shape index (κ1) is 77.6. The van der Waals surface area contributed by atoms with Crippen LogP contribution in [0.25, 0.3) is 0 Å². The molecule has 0 radical (unpaired) electrons. The second-order valence-electron chi connectivity index (χ2n) is 21.4. The maximum atomic E-state index is 14.0. The number of carbonyl (C=O) groups excluding carboxylic acids is 11. The lowest BCUT2D eigenvalue weighted by atomic mass is 9.97. The molecule has 0 unspecified atom stereocenters. The molecular formula is C53H89N15O20. The van der Waals surface area contributed by atoms with Gasteiger partial charge >= 0.3 is 17.9 Å². The summed E-state index contributed by atoms with van der Waals surface area (Å²) >= 11 is 0. The predicted molar refractivity (Wildman–Crippen MR) is 308 cm³/mol. The van der Waals surface area contributed by atoms with Gasteiger partial charge in [-0.2, -0.15) is 0 Å². The Hall–Kier alpha value is -8.41. The highest BCUT2D eigenvalue weighted by atomic mass is 16.4. The molecule has 1 heterocycles. The number of unbranched alkanes of at least 4 members (excludes halogenated alkanes) is 1. The van der Waals surface area contributed by atoms with Crippen molar-refractivity contribution < 1.29 is 97.8 Å². The summed E-state index contributed by atoms with van der Waals surface area (Å²) < 4.78 is 0. The third-order valence-electron chi connectivity index (χ3n) is 13.3. The van der Waals surface area contributed by atoms with Crippen molar-refractivity contribution in [2.75, 3.05) is 39.5 Å². The number of amides is 11. The number of nitrogens with two attached hydrogens (primary N) is 2. The van der Waals surface area contributed by atoms with Gasteiger partial charge in [0.2, 0.25) is 65.0 Å². The summed E-state index contributed by atoms with van der Waals surface area (Å²) in [4.78, 5) is 190. The van der Waals surface area contributed by atoms with Gasteiger partial charge in [-0.05, 0) is 56.4 Å². The van der Waals surface area contributed by atoms with Crippen LogP contribution in [0.3, 0.4) is 0 Å². The number of nitrogens with zero attached hydrogens (tertiary/aromatic N) is 1. The molecule has 0 aliphatic rings. The van der Waals surface area contributed by atoms with Crippen LogP contribution in [0.4, 0.5) is 0 Å². The number of carboxylic acids is 3. The number of hydrogen-bond donors (Lipinski definition) is 20. The summed E-state index contributed by atoms with van der Waals surface area (Å²) in [5.41, 5.74) is 11.6. The molecule has 88 heavy (non-hydrogen) atoms. The molecule has 35 nitrogen and oxygen atoms in total. The molecule has 0 aliphatic carbocycles. The standard InChI is InChI=1S/C53H89N15O20/c1-7-28(6)43(53(88)61-31(11-12-39(73)74)45(80)64-35(22-69)49(84)63-34(20-41(77)78)48(83)67-42(27(4)5)52(87)57-17-14-40(75)76)68-51(86)37(24-71)66-50(85)36(23-70)65-46(81)32(18-26(2)3)62-44(79)30(10-8-9-15-54)60-47(82)33(59-38(72)13-16-55)19-29-21-56-25-58-29/h21,25-28,30-37,42-43,69-71H,7-20,22-24,54-55H2,1-6H3,(H,56,58)(H,57,87)(H,59,72)(H,60,82)(H,61,88)(H,62,79)(H,63,84)(H,64,80)(H,65,81)(H,66,85)(H,67,83)(H,68,86)(H,73,74)(H,75,76)(H,77,78)/t28-,30-,31-,32-,33-,34-,35-,36-,37-,42-,43-/m0/s1. The van der Waals surface area contributed by atoms with Crippen LogP contribution in [0.15, 0.2) is 12.5 Å². The van der Waals surface area contributed by atoms with Gasteiger partial charge in [0.1, 0.15) is 60.4 Å². The molecule has 0 bridgehead atoms. The number of hydrogen-bond acceptors (Lipinski definition) is 20. The Kier molecular flexibility index (Phi) is 36.0.